The van der Waals surface area contributed by atoms with Crippen molar-refractivity contribution in [1.29, 1.82) is 0 Å². The second kappa shape index (κ2) is 6.36. The van der Waals surface area contributed by atoms with Crippen LogP contribution in [0.3, 0.4) is 0 Å². The smallest absolute Gasteiger partial charge is 0.0991 e. The van der Waals surface area contributed by atoms with Crippen molar-refractivity contribution in [2.24, 2.45) is 0 Å². The minimum atomic E-state index is 0.260. The highest BCUT2D eigenvalue weighted by Crippen LogP contribution is 2.34. The first-order valence-corrected chi connectivity index (χ1v) is 7.61. The Morgan fingerprint density at radius 3 is 2.60 bits per heavy atom. The zero-order valence-electron chi connectivity index (χ0n) is 9.01. The van der Waals surface area contributed by atoms with Crippen LogP contribution in [0.15, 0.2) is 6.07 Å². The Morgan fingerprint density at radius 1 is 1.47 bits per heavy atom. The van der Waals surface area contributed by atoms with Gasteiger partial charge in [0.1, 0.15) is 0 Å². The lowest BCUT2D eigenvalue weighted by atomic mass is 10.2. The summed E-state index contributed by atoms with van der Waals surface area (Å²) < 4.78 is 1.54. The van der Waals surface area contributed by atoms with Crippen molar-refractivity contribution in [3.63, 3.8) is 0 Å². The number of thioether (sulfide) groups is 1. The normalized spacial score (nSPS) is 15.3. The second-order valence-electron chi connectivity index (χ2n) is 3.46. The molecule has 0 amide bonds. The van der Waals surface area contributed by atoms with E-state index in [1.165, 1.54) is 11.3 Å². The first kappa shape index (κ1) is 13.7. The van der Waals surface area contributed by atoms with Gasteiger partial charge in [-0.25, -0.2) is 0 Å². The maximum Gasteiger partial charge on any atom is 0.0991 e. The van der Waals surface area contributed by atoms with E-state index < -0.39 is 0 Å². The number of thiophene rings is 1. The molecule has 1 rings (SSSR count). The Labute approximate surface area is 110 Å². The van der Waals surface area contributed by atoms with E-state index in [1.54, 1.807) is 0 Å². The largest absolute Gasteiger partial charge is 0.309 e. The molecule has 0 fully saturated rings. The highest BCUT2D eigenvalue weighted by molar-refractivity contribution is 7.99. The molecule has 0 aliphatic carbocycles. The van der Waals surface area contributed by atoms with Crippen LogP contribution in [0.5, 0.6) is 0 Å². The third kappa shape index (κ3) is 4.16. The maximum atomic E-state index is 6.08. The third-order valence-electron chi connectivity index (χ3n) is 2.26. The predicted octanol–water partition coefficient (Wildman–Crippen LogP) is 4.46. The molecule has 1 N–H and O–H groups in total. The van der Waals surface area contributed by atoms with E-state index in [-0.39, 0.29) is 6.04 Å². The molecule has 2 atom stereocenters. The summed E-state index contributed by atoms with van der Waals surface area (Å²) in [6.07, 6.45) is 2.12. The minimum Gasteiger partial charge on any atom is -0.309 e. The molecule has 1 heterocycles. The molecule has 1 aromatic rings. The summed E-state index contributed by atoms with van der Waals surface area (Å²) in [6.45, 7) is 5.29. The molecule has 0 spiro atoms. The van der Waals surface area contributed by atoms with Gasteiger partial charge in [0.25, 0.3) is 0 Å². The van der Waals surface area contributed by atoms with Crippen molar-refractivity contribution in [1.82, 2.24) is 5.32 Å². The number of rotatable bonds is 5. The predicted molar refractivity (Wildman–Crippen MR) is 73.7 cm³/mol. The first-order valence-electron chi connectivity index (χ1n) is 4.75. The molecule has 15 heavy (non-hydrogen) atoms. The van der Waals surface area contributed by atoms with Crippen LogP contribution in [0.4, 0.5) is 0 Å². The number of hydrogen-bond acceptors (Lipinski definition) is 3. The molecule has 0 saturated heterocycles. The molecule has 1 nitrogen and oxygen atoms in total. The minimum absolute atomic E-state index is 0.260. The molecular formula is C10H15Cl2NS2. The van der Waals surface area contributed by atoms with Gasteiger partial charge in [-0.15, -0.1) is 11.3 Å². The third-order valence-corrected chi connectivity index (χ3v) is 4.75. The van der Waals surface area contributed by atoms with Crippen LogP contribution in [0.1, 0.15) is 25.5 Å². The maximum absolute atomic E-state index is 6.08. The van der Waals surface area contributed by atoms with E-state index in [0.29, 0.717) is 5.25 Å². The molecule has 86 valence electrons. The van der Waals surface area contributed by atoms with Crippen LogP contribution in [0, 0.1) is 0 Å². The van der Waals surface area contributed by atoms with Crippen molar-refractivity contribution >= 4 is 46.3 Å². The van der Waals surface area contributed by atoms with E-state index in [9.17, 15) is 0 Å². The highest BCUT2D eigenvalue weighted by Gasteiger charge is 2.13. The molecular weight excluding hydrogens is 269 g/mol. The SMILES string of the molecule is CSC(C)CNC(C)c1cc(Cl)sc1Cl. The van der Waals surface area contributed by atoms with Crippen LogP contribution in [0.25, 0.3) is 0 Å². The fraction of sp³-hybridized carbons (Fsp3) is 0.600. The van der Waals surface area contributed by atoms with E-state index in [0.717, 1.165) is 20.8 Å². The highest BCUT2D eigenvalue weighted by atomic mass is 35.5. The molecule has 0 radical (unpaired) electrons. The lowest BCUT2D eigenvalue weighted by molar-refractivity contribution is 0.577. The average Bonchev–Trinajstić information content (AvgIpc) is 2.53. The molecule has 0 aromatic carbocycles. The lowest BCUT2D eigenvalue weighted by Gasteiger charge is -2.16. The van der Waals surface area contributed by atoms with Gasteiger partial charge >= 0.3 is 0 Å². The monoisotopic (exact) mass is 283 g/mol. The van der Waals surface area contributed by atoms with E-state index in [1.807, 2.05) is 17.8 Å². The van der Waals surface area contributed by atoms with Crippen molar-refractivity contribution in [3.05, 3.63) is 20.3 Å². The van der Waals surface area contributed by atoms with Gasteiger partial charge in [0.05, 0.1) is 8.67 Å². The van der Waals surface area contributed by atoms with Gasteiger partial charge in [-0.3, -0.25) is 0 Å². The van der Waals surface area contributed by atoms with E-state index in [2.05, 4.69) is 25.4 Å². The summed E-state index contributed by atoms with van der Waals surface area (Å²) >= 11 is 15.3. The number of nitrogens with one attached hydrogen (secondary N) is 1. The summed E-state index contributed by atoms with van der Waals surface area (Å²) in [5.74, 6) is 0. The fourth-order valence-corrected chi connectivity index (χ4v) is 3.09. The molecule has 0 aliphatic heterocycles. The molecule has 0 aliphatic rings. The van der Waals surface area contributed by atoms with Gasteiger partial charge in [-0.2, -0.15) is 11.8 Å². The quantitative estimate of drug-likeness (QED) is 0.857. The van der Waals surface area contributed by atoms with Crippen molar-refractivity contribution in [3.8, 4) is 0 Å². The topological polar surface area (TPSA) is 12.0 Å². The fourth-order valence-electron chi connectivity index (χ4n) is 1.18. The standard InChI is InChI=1S/C10H15Cl2NS2/c1-6(14-3)5-13-7(2)8-4-9(11)15-10(8)12/h4,6-7,13H,5H2,1-3H3. The zero-order chi connectivity index (χ0) is 11.4. The number of hydrogen-bond donors (Lipinski definition) is 1. The van der Waals surface area contributed by atoms with Gasteiger partial charge in [-0.05, 0) is 24.8 Å². The summed E-state index contributed by atoms with van der Waals surface area (Å²) in [6, 6.07) is 2.20. The Kier molecular flexibility index (Phi) is 5.79. The van der Waals surface area contributed by atoms with Crippen LogP contribution >= 0.6 is 46.3 Å². The van der Waals surface area contributed by atoms with Crippen LogP contribution in [0.2, 0.25) is 8.67 Å². The summed E-state index contributed by atoms with van der Waals surface area (Å²) in [5, 5.41) is 4.06. The first-order chi connectivity index (χ1) is 7.04. The Hall–Kier alpha value is 0.590. The molecule has 0 saturated carbocycles. The molecule has 5 heteroatoms. The van der Waals surface area contributed by atoms with Crippen molar-refractivity contribution in [2.75, 3.05) is 12.8 Å². The second-order valence-corrected chi connectivity index (χ2v) is 7.02. The molecule has 1 aromatic heterocycles. The number of halogens is 2. The summed E-state index contributed by atoms with van der Waals surface area (Å²) in [5.41, 5.74) is 1.10. The Balaban J connectivity index is 2.53. The average molecular weight is 284 g/mol. The molecule has 0 bridgehead atoms. The van der Waals surface area contributed by atoms with Crippen LogP contribution in [-0.4, -0.2) is 18.1 Å². The molecule has 2 unspecified atom stereocenters. The Morgan fingerprint density at radius 2 is 2.13 bits per heavy atom. The summed E-state index contributed by atoms with van der Waals surface area (Å²) in [4.78, 5) is 0. The van der Waals surface area contributed by atoms with E-state index in [4.69, 9.17) is 23.2 Å². The summed E-state index contributed by atoms with van der Waals surface area (Å²) in [7, 11) is 0. The van der Waals surface area contributed by atoms with Crippen LogP contribution < -0.4 is 5.32 Å². The van der Waals surface area contributed by atoms with E-state index >= 15 is 0 Å². The van der Waals surface area contributed by atoms with Crippen molar-refractivity contribution in [2.45, 2.75) is 25.1 Å². The zero-order valence-corrected chi connectivity index (χ0v) is 12.2. The van der Waals surface area contributed by atoms with Gasteiger partial charge in [-0.1, -0.05) is 30.1 Å². The Bertz CT molecular complexity index is 314. The van der Waals surface area contributed by atoms with Gasteiger partial charge < -0.3 is 5.32 Å². The lowest BCUT2D eigenvalue weighted by Crippen LogP contribution is -2.25. The van der Waals surface area contributed by atoms with Gasteiger partial charge in [0, 0.05) is 17.8 Å². The van der Waals surface area contributed by atoms with Gasteiger partial charge in [0.15, 0.2) is 0 Å². The van der Waals surface area contributed by atoms with Crippen molar-refractivity contribution < 1.29 is 0 Å². The van der Waals surface area contributed by atoms with Gasteiger partial charge in [0.2, 0.25) is 0 Å². The van der Waals surface area contributed by atoms with Crippen LogP contribution in [-0.2, 0) is 0 Å².